The third kappa shape index (κ3) is 5.05. The fourth-order valence-electron chi connectivity index (χ4n) is 7.37. The highest BCUT2D eigenvalue weighted by molar-refractivity contribution is 8.02. The van der Waals surface area contributed by atoms with Gasteiger partial charge in [-0.15, -0.1) is 11.8 Å². The molecule has 3 aliphatic rings. The van der Waals surface area contributed by atoms with Crippen molar-refractivity contribution < 1.29 is 19.5 Å². The van der Waals surface area contributed by atoms with E-state index in [4.69, 9.17) is 0 Å². The number of carbonyl (C=O) groups is 3. The van der Waals surface area contributed by atoms with Crippen molar-refractivity contribution in [2.24, 2.45) is 29.1 Å². The summed E-state index contributed by atoms with van der Waals surface area (Å²) in [7, 11) is 0. The van der Waals surface area contributed by atoms with Crippen molar-refractivity contribution in [2.75, 3.05) is 13.2 Å². The maximum absolute atomic E-state index is 14.3. The van der Waals surface area contributed by atoms with Crippen LogP contribution in [-0.4, -0.2) is 68.5 Å². The summed E-state index contributed by atoms with van der Waals surface area (Å²) in [6, 6.07) is -1.18. The largest absolute Gasteiger partial charge is 0.394 e. The van der Waals surface area contributed by atoms with E-state index in [1.165, 1.54) is 0 Å². The van der Waals surface area contributed by atoms with Crippen molar-refractivity contribution in [1.29, 1.82) is 0 Å². The van der Waals surface area contributed by atoms with Gasteiger partial charge < -0.3 is 20.6 Å². The third-order valence-corrected chi connectivity index (χ3v) is 10.6. The molecule has 36 heavy (non-hydrogen) atoms. The average molecular weight is 524 g/mol. The molecule has 3 aliphatic heterocycles. The number of nitrogens with one attached hydrogen (secondary N) is 2. The van der Waals surface area contributed by atoms with E-state index in [0.717, 1.165) is 25.7 Å². The van der Waals surface area contributed by atoms with E-state index in [1.807, 2.05) is 34.6 Å². The van der Waals surface area contributed by atoms with Gasteiger partial charge in [-0.25, -0.2) is 0 Å². The lowest BCUT2D eigenvalue weighted by molar-refractivity contribution is -0.144. The van der Waals surface area contributed by atoms with Gasteiger partial charge in [-0.1, -0.05) is 54.9 Å². The van der Waals surface area contributed by atoms with Crippen molar-refractivity contribution in [2.45, 2.75) is 116 Å². The first-order valence-corrected chi connectivity index (χ1v) is 14.7. The van der Waals surface area contributed by atoms with Gasteiger partial charge >= 0.3 is 0 Å². The van der Waals surface area contributed by atoms with Gasteiger partial charge in [-0.3, -0.25) is 14.4 Å². The molecule has 3 saturated heterocycles. The standard InChI is InChI=1S/C28H49N3O4S/c1-10-12-29-23(33)20-19-13-17(4)28(36-19)21(20)25(35)31(18(14-32)16(3)11-2)22(28)24(34)30-27(8,9)15-26(5,6)7/h16-22,32H,10-15H2,1-9H3,(H,29,33)(H,30,34)/t16-,17?,18-,19-,20+,21-,22?,28?/m0/s1. The molecule has 0 aliphatic carbocycles. The van der Waals surface area contributed by atoms with E-state index in [0.29, 0.717) is 6.54 Å². The van der Waals surface area contributed by atoms with Crippen LogP contribution in [0.25, 0.3) is 0 Å². The summed E-state index contributed by atoms with van der Waals surface area (Å²) in [5, 5.41) is 16.8. The molecule has 3 N–H and O–H groups in total. The van der Waals surface area contributed by atoms with Crippen LogP contribution in [0.4, 0.5) is 0 Å². The van der Waals surface area contributed by atoms with Crippen LogP contribution >= 0.6 is 11.8 Å². The first-order chi connectivity index (χ1) is 16.6. The zero-order chi connectivity index (χ0) is 27.2. The molecule has 8 heteroatoms. The number of carbonyl (C=O) groups excluding carboxylic acids is 3. The van der Waals surface area contributed by atoms with Gasteiger partial charge in [0.05, 0.1) is 29.2 Å². The molecule has 3 amide bonds. The molecular formula is C28H49N3O4S. The fraction of sp³-hybridized carbons (Fsp3) is 0.893. The molecule has 8 atom stereocenters. The van der Waals surface area contributed by atoms with E-state index >= 15 is 0 Å². The first-order valence-electron chi connectivity index (χ1n) is 13.9. The van der Waals surface area contributed by atoms with Gasteiger partial charge in [-0.05, 0) is 50.4 Å². The van der Waals surface area contributed by atoms with Crippen LogP contribution in [0.1, 0.15) is 88.0 Å². The Balaban J connectivity index is 2.08. The Morgan fingerprint density at radius 1 is 1.19 bits per heavy atom. The summed E-state index contributed by atoms with van der Waals surface area (Å²) in [5.74, 6) is -1.22. The van der Waals surface area contributed by atoms with Crippen molar-refractivity contribution in [3.8, 4) is 0 Å². The molecule has 3 heterocycles. The molecule has 0 aromatic carbocycles. The second-order valence-corrected chi connectivity index (χ2v) is 14.9. The predicted octanol–water partition coefficient (Wildman–Crippen LogP) is 3.59. The highest BCUT2D eigenvalue weighted by Crippen LogP contribution is 2.69. The van der Waals surface area contributed by atoms with Crippen molar-refractivity contribution in [3.05, 3.63) is 0 Å². The summed E-state index contributed by atoms with van der Waals surface area (Å²) in [6.07, 6.45) is 3.21. The van der Waals surface area contributed by atoms with E-state index < -0.39 is 34.2 Å². The maximum Gasteiger partial charge on any atom is 0.244 e. The summed E-state index contributed by atoms with van der Waals surface area (Å²) in [6.45, 7) is 19.1. The minimum absolute atomic E-state index is 0.0173. The molecule has 3 rings (SSSR count). The number of aliphatic hydroxyl groups excluding tert-OH is 1. The molecule has 7 nitrogen and oxygen atoms in total. The van der Waals surface area contributed by atoms with Crippen LogP contribution in [0.3, 0.4) is 0 Å². The maximum atomic E-state index is 14.3. The van der Waals surface area contributed by atoms with Gasteiger partial charge in [0.25, 0.3) is 0 Å². The van der Waals surface area contributed by atoms with Crippen LogP contribution in [0.5, 0.6) is 0 Å². The van der Waals surface area contributed by atoms with Gasteiger partial charge in [0.2, 0.25) is 17.7 Å². The molecule has 3 fully saturated rings. The fourth-order valence-corrected chi connectivity index (χ4v) is 9.78. The smallest absolute Gasteiger partial charge is 0.244 e. The van der Waals surface area contributed by atoms with Gasteiger partial charge in [0.15, 0.2) is 0 Å². The number of nitrogens with zero attached hydrogens (tertiary/aromatic N) is 1. The van der Waals surface area contributed by atoms with E-state index in [9.17, 15) is 19.5 Å². The van der Waals surface area contributed by atoms with Crippen LogP contribution < -0.4 is 10.6 Å². The zero-order valence-corrected chi connectivity index (χ0v) is 24.6. The Hall–Kier alpha value is -1.28. The van der Waals surface area contributed by atoms with Gasteiger partial charge in [-0.2, -0.15) is 0 Å². The van der Waals surface area contributed by atoms with Crippen molar-refractivity contribution >= 4 is 29.5 Å². The number of amides is 3. The Bertz CT molecular complexity index is 856. The number of hydrogen-bond acceptors (Lipinski definition) is 5. The molecule has 0 saturated carbocycles. The Labute approximate surface area is 222 Å². The number of hydrogen-bond donors (Lipinski definition) is 3. The lowest BCUT2D eigenvalue weighted by atomic mass is 9.65. The lowest BCUT2D eigenvalue weighted by Gasteiger charge is -2.43. The summed E-state index contributed by atoms with van der Waals surface area (Å²) in [5.41, 5.74) is -0.449. The molecule has 0 aromatic heterocycles. The molecule has 2 bridgehead atoms. The van der Waals surface area contributed by atoms with Crippen molar-refractivity contribution in [1.82, 2.24) is 15.5 Å². The minimum atomic E-state index is -0.714. The molecule has 1 spiro atoms. The quantitative estimate of drug-likeness (QED) is 0.407. The topological polar surface area (TPSA) is 98.7 Å². The monoisotopic (exact) mass is 523 g/mol. The van der Waals surface area contributed by atoms with Gasteiger partial charge in [0, 0.05) is 17.3 Å². The van der Waals surface area contributed by atoms with E-state index in [1.54, 1.807) is 16.7 Å². The molecular weight excluding hydrogens is 474 g/mol. The first kappa shape index (κ1) is 29.3. The van der Waals surface area contributed by atoms with E-state index in [-0.39, 0.29) is 46.8 Å². The van der Waals surface area contributed by atoms with Crippen LogP contribution in [0.2, 0.25) is 0 Å². The number of rotatable bonds is 10. The second kappa shape index (κ2) is 10.5. The van der Waals surface area contributed by atoms with E-state index in [2.05, 4.69) is 38.3 Å². The molecule has 206 valence electrons. The van der Waals surface area contributed by atoms with Crippen LogP contribution in [0.15, 0.2) is 0 Å². The highest BCUT2D eigenvalue weighted by Gasteiger charge is 2.76. The Kier molecular flexibility index (Phi) is 8.52. The number of likely N-dealkylation sites (tertiary alicyclic amines) is 1. The van der Waals surface area contributed by atoms with Crippen LogP contribution in [-0.2, 0) is 14.4 Å². The summed E-state index contributed by atoms with van der Waals surface area (Å²) < 4.78 is -0.668. The second-order valence-electron chi connectivity index (χ2n) is 13.3. The van der Waals surface area contributed by atoms with Gasteiger partial charge in [0.1, 0.15) is 6.04 Å². The molecule has 0 radical (unpaired) electrons. The van der Waals surface area contributed by atoms with Crippen LogP contribution in [0, 0.1) is 29.1 Å². The summed E-state index contributed by atoms with van der Waals surface area (Å²) >= 11 is 1.69. The normalized spacial score (nSPS) is 33.4. The SMILES string of the molecule is CCCNC(=O)[C@@H]1[C@@H]2CC(C)C3(S2)C(C(=O)NC(C)(C)CC(C)(C)C)N([C@@H](CO)[C@@H](C)CC)C(=O)[C@H]13. The Morgan fingerprint density at radius 3 is 2.36 bits per heavy atom. The number of aliphatic hydroxyl groups is 1. The average Bonchev–Trinajstić information content (AvgIpc) is 3.34. The highest BCUT2D eigenvalue weighted by atomic mass is 32.2. The molecule has 3 unspecified atom stereocenters. The lowest BCUT2D eigenvalue weighted by Crippen LogP contribution is -2.62. The predicted molar refractivity (Wildman–Crippen MR) is 145 cm³/mol. The molecule has 0 aromatic rings. The third-order valence-electron chi connectivity index (χ3n) is 8.56. The minimum Gasteiger partial charge on any atom is -0.394 e. The van der Waals surface area contributed by atoms with Crippen molar-refractivity contribution in [3.63, 3.8) is 0 Å². The Morgan fingerprint density at radius 2 is 1.83 bits per heavy atom. The number of thioether (sulfide) groups is 1. The summed E-state index contributed by atoms with van der Waals surface area (Å²) in [4.78, 5) is 43.6. The number of fused-ring (bicyclic) bond motifs is 1. The zero-order valence-electron chi connectivity index (χ0n) is 23.8.